The van der Waals surface area contributed by atoms with Gasteiger partial charge >= 0.3 is 6.01 Å². The highest BCUT2D eigenvalue weighted by Crippen LogP contribution is 2.45. The van der Waals surface area contributed by atoms with Crippen molar-refractivity contribution in [2.24, 2.45) is 0 Å². The Morgan fingerprint density at radius 1 is 1.14 bits per heavy atom. The average Bonchev–Trinajstić information content (AvgIpc) is 3.40. The van der Waals surface area contributed by atoms with E-state index in [-0.39, 0.29) is 40.7 Å². The van der Waals surface area contributed by atoms with Crippen LogP contribution in [0.3, 0.4) is 0 Å². The number of hydrogen-bond acceptors (Lipinski definition) is 7. The summed E-state index contributed by atoms with van der Waals surface area (Å²) in [6.07, 6.45) is 1.88. The zero-order valence-electron chi connectivity index (χ0n) is 20.7. The number of aromatic nitrogens is 4. The standard InChI is InChI=1S/C25H26Cl2N6O4/c1-12(2)20-18-19(31-33(20)17-11-29-25(37-4)30-23(17)36-3)24(35)32(16-9-15(27)10-28-22(16)34)21(18)13-5-7-14(26)8-6-13/h5-8,11-12,15-16,21H,9-10H2,1-4H3,(H,28,34). The maximum atomic E-state index is 14.0. The smallest absolute Gasteiger partial charge is 0.319 e. The second-order valence-corrected chi connectivity index (χ2v) is 10.3. The Morgan fingerprint density at radius 2 is 1.86 bits per heavy atom. The van der Waals surface area contributed by atoms with Gasteiger partial charge in [0.1, 0.15) is 11.7 Å². The van der Waals surface area contributed by atoms with Crippen molar-refractivity contribution in [2.75, 3.05) is 20.8 Å². The number of amides is 2. The zero-order chi connectivity index (χ0) is 26.4. The molecule has 2 amide bonds. The molecule has 3 aromatic rings. The largest absolute Gasteiger partial charge is 0.479 e. The van der Waals surface area contributed by atoms with Crippen molar-refractivity contribution in [1.82, 2.24) is 30.0 Å². The first-order chi connectivity index (χ1) is 17.7. The second-order valence-electron chi connectivity index (χ2n) is 9.23. The predicted molar refractivity (Wildman–Crippen MR) is 137 cm³/mol. The van der Waals surface area contributed by atoms with Crippen LogP contribution in [0.2, 0.25) is 5.02 Å². The van der Waals surface area contributed by atoms with Crippen LogP contribution in [0.5, 0.6) is 11.9 Å². The van der Waals surface area contributed by atoms with Crippen molar-refractivity contribution in [3.63, 3.8) is 0 Å². The van der Waals surface area contributed by atoms with Gasteiger partial charge in [-0.1, -0.05) is 37.6 Å². The van der Waals surface area contributed by atoms with E-state index in [9.17, 15) is 9.59 Å². The van der Waals surface area contributed by atoms with Crippen molar-refractivity contribution < 1.29 is 19.1 Å². The quantitative estimate of drug-likeness (QED) is 0.472. The van der Waals surface area contributed by atoms with Crippen LogP contribution in [0.25, 0.3) is 5.69 Å². The van der Waals surface area contributed by atoms with E-state index in [2.05, 4.69) is 15.3 Å². The van der Waals surface area contributed by atoms with Gasteiger partial charge in [0.15, 0.2) is 5.69 Å². The van der Waals surface area contributed by atoms with Crippen molar-refractivity contribution in [1.29, 1.82) is 0 Å². The molecule has 0 spiro atoms. The molecule has 0 saturated carbocycles. The normalized spacial score (nSPS) is 21.3. The molecule has 2 aliphatic rings. The van der Waals surface area contributed by atoms with Crippen LogP contribution in [0, 0.1) is 0 Å². The Balaban J connectivity index is 1.73. The van der Waals surface area contributed by atoms with Crippen LogP contribution in [0.15, 0.2) is 30.5 Å². The zero-order valence-corrected chi connectivity index (χ0v) is 22.2. The Bertz CT molecular complexity index is 1360. The maximum Gasteiger partial charge on any atom is 0.319 e. The predicted octanol–water partition coefficient (Wildman–Crippen LogP) is 3.50. The van der Waals surface area contributed by atoms with Gasteiger partial charge in [-0.05, 0) is 30.0 Å². The summed E-state index contributed by atoms with van der Waals surface area (Å²) in [6.45, 7) is 4.38. The summed E-state index contributed by atoms with van der Waals surface area (Å²) < 4.78 is 12.3. The van der Waals surface area contributed by atoms with E-state index in [4.69, 9.17) is 37.8 Å². The molecule has 5 rings (SSSR count). The number of carbonyl (C=O) groups excluding carboxylic acids is 2. The number of hydrogen-bond donors (Lipinski definition) is 1. The second kappa shape index (κ2) is 9.83. The number of fused-ring (bicyclic) bond motifs is 1. The van der Waals surface area contributed by atoms with E-state index in [1.165, 1.54) is 14.2 Å². The van der Waals surface area contributed by atoms with Gasteiger partial charge in [-0.25, -0.2) is 9.67 Å². The molecule has 0 bridgehead atoms. The first kappa shape index (κ1) is 25.3. The fourth-order valence-electron chi connectivity index (χ4n) is 5.02. The van der Waals surface area contributed by atoms with Gasteiger partial charge in [0, 0.05) is 17.1 Å². The fourth-order valence-corrected chi connectivity index (χ4v) is 5.39. The minimum absolute atomic E-state index is 0.0634. The molecule has 194 valence electrons. The molecule has 1 fully saturated rings. The lowest BCUT2D eigenvalue weighted by Gasteiger charge is -2.37. The third-order valence-corrected chi connectivity index (χ3v) is 7.20. The van der Waals surface area contributed by atoms with Crippen molar-refractivity contribution >= 4 is 35.0 Å². The molecule has 0 radical (unpaired) electrons. The van der Waals surface area contributed by atoms with E-state index in [1.54, 1.807) is 27.9 Å². The fraction of sp³-hybridized carbons (Fsp3) is 0.400. The van der Waals surface area contributed by atoms with E-state index in [1.807, 2.05) is 26.0 Å². The molecular weight excluding hydrogens is 519 g/mol. The highest BCUT2D eigenvalue weighted by atomic mass is 35.5. The first-order valence-corrected chi connectivity index (χ1v) is 12.6. The third kappa shape index (κ3) is 4.27. The lowest BCUT2D eigenvalue weighted by molar-refractivity contribution is -0.127. The van der Waals surface area contributed by atoms with Gasteiger partial charge < -0.3 is 19.7 Å². The van der Waals surface area contributed by atoms with Crippen LogP contribution in [0.4, 0.5) is 0 Å². The number of halogens is 2. The van der Waals surface area contributed by atoms with Crippen LogP contribution in [-0.2, 0) is 4.79 Å². The molecule has 4 heterocycles. The summed E-state index contributed by atoms with van der Waals surface area (Å²) in [5.41, 5.74) is 3.01. The number of rotatable bonds is 6. The van der Waals surface area contributed by atoms with Crippen LogP contribution in [0.1, 0.15) is 59.5 Å². The lowest BCUT2D eigenvalue weighted by Crippen LogP contribution is -2.55. The molecule has 37 heavy (non-hydrogen) atoms. The number of nitrogens with one attached hydrogen (secondary N) is 1. The number of ether oxygens (including phenoxy) is 2. The Morgan fingerprint density at radius 3 is 2.51 bits per heavy atom. The molecular formula is C25H26Cl2N6O4. The average molecular weight is 545 g/mol. The Labute approximate surface area is 223 Å². The van der Waals surface area contributed by atoms with Gasteiger partial charge in [0.25, 0.3) is 5.91 Å². The van der Waals surface area contributed by atoms with Gasteiger partial charge in [0.05, 0.1) is 37.5 Å². The number of methoxy groups -OCH3 is 2. The van der Waals surface area contributed by atoms with Crippen molar-refractivity contribution in [3.05, 3.63) is 58.0 Å². The molecule has 2 aliphatic heterocycles. The van der Waals surface area contributed by atoms with Gasteiger partial charge in [-0.15, -0.1) is 11.6 Å². The summed E-state index contributed by atoms with van der Waals surface area (Å²) in [5, 5.41) is 7.84. The van der Waals surface area contributed by atoms with Gasteiger partial charge in [0.2, 0.25) is 11.8 Å². The van der Waals surface area contributed by atoms with Crippen LogP contribution in [-0.4, -0.2) is 68.6 Å². The lowest BCUT2D eigenvalue weighted by atomic mass is 9.93. The summed E-state index contributed by atoms with van der Waals surface area (Å²) >= 11 is 12.6. The molecule has 1 saturated heterocycles. The molecule has 3 unspecified atom stereocenters. The number of carbonyl (C=O) groups is 2. The Kier molecular flexibility index (Phi) is 6.72. The SMILES string of the molecule is COc1ncc(-n2nc3c(c2C(C)C)C(c2ccc(Cl)cc2)N(C2CC(Cl)CNC2=O)C3=O)c(OC)n1. The first-order valence-electron chi connectivity index (χ1n) is 11.8. The van der Waals surface area contributed by atoms with Gasteiger partial charge in [-0.3, -0.25) is 9.59 Å². The summed E-state index contributed by atoms with van der Waals surface area (Å²) in [7, 11) is 2.96. The molecule has 1 aromatic carbocycles. The molecule has 2 aromatic heterocycles. The number of alkyl halides is 1. The molecule has 3 atom stereocenters. The Hall–Kier alpha value is -3.37. The summed E-state index contributed by atoms with van der Waals surface area (Å²) in [5.74, 6) is -0.404. The van der Waals surface area contributed by atoms with E-state index in [0.717, 1.165) is 11.3 Å². The topological polar surface area (TPSA) is 111 Å². The molecule has 1 N–H and O–H groups in total. The summed E-state index contributed by atoms with van der Waals surface area (Å²) in [6, 6.07) is 6.08. The molecule has 12 heteroatoms. The minimum Gasteiger partial charge on any atom is -0.479 e. The summed E-state index contributed by atoms with van der Waals surface area (Å²) in [4.78, 5) is 37.1. The van der Waals surface area contributed by atoms with Gasteiger partial charge in [-0.2, -0.15) is 10.1 Å². The maximum absolute atomic E-state index is 14.0. The van der Waals surface area contributed by atoms with E-state index >= 15 is 0 Å². The number of nitrogens with zero attached hydrogens (tertiary/aromatic N) is 5. The number of benzene rings is 1. The van der Waals surface area contributed by atoms with Crippen LogP contribution >= 0.6 is 23.2 Å². The third-order valence-electron chi connectivity index (χ3n) is 6.61. The van der Waals surface area contributed by atoms with Crippen molar-refractivity contribution in [3.8, 4) is 17.6 Å². The minimum atomic E-state index is -0.744. The van der Waals surface area contributed by atoms with E-state index in [0.29, 0.717) is 29.2 Å². The molecule has 10 nitrogen and oxygen atoms in total. The number of piperidine rings is 1. The highest BCUT2D eigenvalue weighted by molar-refractivity contribution is 6.30. The highest BCUT2D eigenvalue weighted by Gasteiger charge is 2.49. The van der Waals surface area contributed by atoms with Crippen molar-refractivity contribution in [2.45, 2.75) is 43.6 Å². The molecule has 0 aliphatic carbocycles. The monoisotopic (exact) mass is 544 g/mol. The van der Waals surface area contributed by atoms with Crippen LogP contribution < -0.4 is 14.8 Å². The van der Waals surface area contributed by atoms with E-state index < -0.39 is 12.1 Å².